The monoisotopic (exact) mass is 554 g/mol. The SMILES string of the molecule is CN=C(NCc1ccc(CN2CCN(C)CC2)cc1)N1CCN(c2cccs2)CC1.I. The van der Waals surface area contributed by atoms with Crippen LogP contribution in [0.4, 0.5) is 5.00 Å². The lowest BCUT2D eigenvalue weighted by molar-refractivity contribution is 0.148. The number of nitrogens with zero attached hydrogens (tertiary/aromatic N) is 5. The van der Waals surface area contributed by atoms with Crippen molar-refractivity contribution in [3.8, 4) is 0 Å². The first-order valence-electron chi connectivity index (χ1n) is 10.9. The van der Waals surface area contributed by atoms with Crippen molar-refractivity contribution >= 4 is 46.3 Å². The Bertz CT molecular complexity index is 794. The molecule has 0 spiro atoms. The van der Waals surface area contributed by atoms with Gasteiger partial charge >= 0.3 is 0 Å². The van der Waals surface area contributed by atoms with Crippen LogP contribution in [0.2, 0.25) is 0 Å². The second-order valence-electron chi connectivity index (χ2n) is 8.22. The molecule has 0 atom stereocenters. The van der Waals surface area contributed by atoms with Crippen molar-refractivity contribution in [2.24, 2.45) is 4.99 Å². The number of hydrogen-bond donors (Lipinski definition) is 1. The standard InChI is InChI=1S/C23H34N6S.HI/c1-24-23(29-15-13-28(14-16-29)22-4-3-17-30-22)25-18-20-5-7-21(8-6-20)19-27-11-9-26(2)10-12-27;/h3-8,17H,9-16,18-19H2,1-2H3,(H,24,25);1H. The third kappa shape index (κ3) is 6.81. The zero-order chi connectivity index (χ0) is 20.8. The second kappa shape index (κ2) is 12.0. The van der Waals surface area contributed by atoms with Crippen molar-refractivity contribution in [1.82, 2.24) is 20.0 Å². The van der Waals surface area contributed by atoms with Gasteiger partial charge in [0.15, 0.2) is 5.96 Å². The van der Waals surface area contributed by atoms with Gasteiger partial charge in [-0.05, 0) is 35.7 Å². The van der Waals surface area contributed by atoms with E-state index in [9.17, 15) is 0 Å². The zero-order valence-electron chi connectivity index (χ0n) is 18.7. The number of thiophene rings is 1. The molecular formula is C23H35IN6S. The summed E-state index contributed by atoms with van der Waals surface area (Å²) in [6, 6.07) is 13.4. The summed E-state index contributed by atoms with van der Waals surface area (Å²) in [5, 5.41) is 7.08. The molecule has 31 heavy (non-hydrogen) atoms. The first kappa shape index (κ1) is 24.3. The number of anilines is 1. The quantitative estimate of drug-likeness (QED) is 0.350. The topological polar surface area (TPSA) is 37.4 Å². The van der Waals surface area contributed by atoms with Crippen LogP contribution in [0, 0.1) is 0 Å². The van der Waals surface area contributed by atoms with E-state index in [0.29, 0.717) is 0 Å². The summed E-state index contributed by atoms with van der Waals surface area (Å²) in [6.45, 7) is 10.6. The lowest BCUT2D eigenvalue weighted by Crippen LogP contribution is -2.52. The molecule has 2 fully saturated rings. The number of benzene rings is 1. The number of aliphatic imine (C=N–C) groups is 1. The fourth-order valence-electron chi connectivity index (χ4n) is 4.13. The minimum absolute atomic E-state index is 0. The van der Waals surface area contributed by atoms with Crippen LogP contribution in [-0.4, -0.2) is 87.1 Å². The molecule has 1 aromatic carbocycles. The molecule has 2 aliphatic rings. The maximum absolute atomic E-state index is 4.52. The van der Waals surface area contributed by atoms with Gasteiger partial charge in [0.1, 0.15) is 0 Å². The molecule has 1 aromatic heterocycles. The summed E-state index contributed by atoms with van der Waals surface area (Å²) < 4.78 is 0. The van der Waals surface area contributed by atoms with Gasteiger partial charge in [0, 0.05) is 72.5 Å². The maximum Gasteiger partial charge on any atom is 0.194 e. The molecule has 1 N–H and O–H groups in total. The summed E-state index contributed by atoms with van der Waals surface area (Å²) in [5.74, 6) is 1.00. The van der Waals surface area contributed by atoms with Gasteiger partial charge < -0.3 is 20.0 Å². The van der Waals surface area contributed by atoms with Crippen molar-refractivity contribution in [2.75, 3.05) is 71.4 Å². The maximum atomic E-state index is 4.52. The molecule has 0 bridgehead atoms. The molecule has 0 amide bonds. The van der Waals surface area contributed by atoms with Crippen molar-refractivity contribution in [2.45, 2.75) is 13.1 Å². The average molecular weight is 555 g/mol. The van der Waals surface area contributed by atoms with Gasteiger partial charge in [0.2, 0.25) is 0 Å². The van der Waals surface area contributed by atoms with E-state index in [-0.39, 0.29) is 24.0 Å². The molecule has 6 nitrogen and oxygen atoms in total. The van der Waals surface area contributed by atoms with Gasteiger partial charge in [-0.3, -0.25) is 9.89 Å². The lowest BCUT2D eigenvalue weighted by Gasteiger charge is -2.37. The highest BCUT2D eigenvalue weighted by molar-refractivity contribution is 14.0. The summed E-state index contributed by atoms with van der Waals surface area (Å²) in [4.78, 5) is 14.3. The van der Waals surface area contributed by atoms with E-state index in [1.54, 1.807) is 0 Å². The number of likely N-dealkylation sites (N-methyl/N-ethyl adjacent to an activating group) is 1. The molecule has 3 heterocycles. The largest absolute Gasteiger partial charge is 0.360 e. The van der Waals surface area contributed by atoms with Crippen LogP contribution in [0.5, 0.6) is 0 Å². The van der Waals surface area contributed by atoms with Crippen LogP contribution in [0.15, 0.2) is 46.8 Å². The lowest BCUT2D eigenvalue weighted by atomic mass is 10.1. The van der Waals surface area contributed by atoms with Crippen LogP contribution in [0.1, 0.15) is 11.1 Å². The fourth-order valence-corrected chi connectivity index (χ4v) is 4.91. The number of halogens is 1. The summed E-state index contributed by atoms with van der Waals surface area (Å²) >= 11 is 1.82. The average Bonchev–Trinajstić information content (AvgIpc) is 3.32. The van der Waals surface area contributed by atoms with Crippen LogP contribution >= 0.6 is 35.3 Å². The number of nitrogens with one attached hydrogen (secondary N) is 1. The van der Waals surface area contributed by atoms with Crippen molar-refractivity contribution in [1.29, 1.82) is 0 Å². The Morgan fingerprint density at radius 2 is 1.61 bits per heavy atom. The number of hydrogen-bond acceptors (Lipinski definition) is 5. The van der Waals surface area contributed by atoms with E-state index in [1.165, 1.54) is 29.2 Å². The Hall–Kier alpha value is -1.36. The highest BCUT2D eigenvalue weighted by atomic mass is 127. The van der Waals surface area contributed by atoms with Crippen LogP contribution < -0.4 is 10.2 Å². The van der Waals surface area contributed by atoms with Crippen LogP contribution in [0.25, 0.3) is 0 Å². The van der Waals surface area contributed by atoms with Gasteiger partial charge in [-0.25, -0.2) is 0 Å². The van der Waals surface area contributed by atoms with E-state index in [2.05, 4.69) is 78.7 Å². The Labute approximate surface area is 207 Å². The molecule has 4 rings (SSSR count). The predicted molar refractivity (Wildman–Crippen MR) is 143 cm³/mol. The third-order valence-electron chi connectivity index (χ3n) is 6.08. The van der Waals surface area contributed by atoms with E-state index in [0.717, 1.165) is 58.3 Å². The van der Waals surface area contributed by atoms with Crippen LogP contribution in [-0.2, 0) is 13.1 Å². The predicted octanol–water partition coefficient (Wildman–Crippen LogP) is 3.01. The molecule has 8 heteroatoms. The highest BCUT2D eigenvalue weighted by Crippen LogP contribution is 2.22. The van der Waals surface area contributed by atoms with E-state index >= 15 is 0 Å². The summed E-state index contributed by atoms with van der Waals surface area (Å²) in [7, 11) is 4.09. The molecule has 2 saturated heterocycles. The van der Waals surface area contributed by atoms with Gasteiger partial charge in [-0.15, -0.1) is 35.3 Å². The van der Waals surface area contributed by atoms with Gasteiger partial charge in [0.05, 0.1) is 5.00 Å². The molecule has 0 saturated carbocycles. The number of guanidine groups is 1. The third-order valence-corrected chi connectivity index (χ3v) is 7.01. The van der Waals surface area contributed by atoms with Gasteiger partial charge in [0.25, 0.3) is 0 Å². The molecule has 0 radical (unpaired) electrons. The zero-order valence-corrected chi connectivity index (χ0v) is 21.8. The fraction of sp³-hybridized carbons (Fsp3) is 0.522. The minimum Gasteiger partial charge on any atom is -0.360 e. The van der Waals surface area contributed by atoms with Crippen molar-refractivity contribution < 1.29 is 0 Å². The summed E-state index contributed by atoms with van der Waals surface area (Å²) in [6.07, 6.45) is 0. The van der Waals surface area contributed by atoms with Gasteiger partial charge in [-0.2, -0.15) is 0 Å². The minimum atomic E-state index is 0. The van der Waals surface area contributed by atoms with Gasteiger partial charge in [-0.1, -0.05) is 24.3 Å². The highest BCUT2D eigenvalue weighted by Gasteiger charge is 2.20. The number of piperazine rings is 2. The van der Waals surface area contributed by atoms with E-state index in [1.807, 2.05) is 18.4 Å². The Morgan fingerprint density at radius 3 is 2.23 bits per heavy atom. The summed E-state index contributed by atoms with van der Waals surface area (Å²) in [5.41, 5.74) is 2.70. The van der Waals surface area contributed by atoms with Crippen LogP contribution in [0.3, 0.4) is 0 Å². The number of rotatable bonds is 5. The van der Waals surface area contributed by atoms with Crippen molar-refractivity contribution in [3.05, 3.63) is 52.9 Å². The van der Waals surface area contributed by atoms with E-state index in [4.69, 9.17) is 0 Å². The smallest absolute Gasteiger partial charge is 0.194 e. The van der Waals surface area contributed by atoms with E-state index < -0.39 is 0 Å². The van der Waals surface area contributed by atoms with Crippen molar-refractivity contribution in [3.63, 3.8) is 0 Å². The molecule has 2 aromatic rings. The Balaban J connectivity index is 0.00000272. The Kier molecular flexibility index (Phi) is 9.43. The molecule has 2 aliphatic heterocycles. The first-order chi connectivity index (χ1) is 14.7. The normalized spacial score (nSPS) is 18.7. The Morgan fingerprint density at radius 1 is 0.935 bits per heavy atom. The molecule has 0 aliphatic carbocycles. The molecular weight excluding hydrogens is 519 g/mol. The second-order valence-corrected chi connectivity index (χ2v) is 9.15. The molecule has 170 valence electrons. The first-order valence-corrected chi connectivity index (χ1v) is 11.8. The molecule has 0 unspecified atom stereocenters.